The third-order valence-corrected chi connectivity index (χ3v) is 3.30. The second-order valence-corrected chi connectivity index (χ2v) is 4.56. The van der Waals surface area contributed by atoms with E-state index in [-0.39, 0.29) is 12.0 Å². The second-order valence-electron chi connectivity index (χ2n) is 4.56. The summed E-state index contributed by atoms with van der Waals surface area (Å²) in [6.07, 6.45) is 1.07. The van der Waals surface area contributed by atoms with Gasteiger partial charge in [-0.2, -0.15) is 0 Å². The summed E-state index contributed by atoms with van der Waals surface area (Å²) in [5, 5.41) is 0. The molecule has 0 N–H and O–H groups in total. The van der Waals surface area contributed by atoms with Crippen molar-refractivity contribution in [3.63, 3.8) is 0 Å². The van der Waals surface area contributed by atoms with Crippen LogP contribution in [0.1, 0.15) is 25.8 Å². The summed E-state index contributed by atoms with van der Waals surface area (Å²) in [6, 6.07) is 10.3. The first-order valence-corrected chi connectivity index (χ1v) is 6.18. The van der Waals surface area contributed by atoms with Crippen molar-refractivity contribution in [2.24, 2.45) is 0 Å². The monoisotopic (exact) mass is 233 g/mol. The standard InChI is InChI=1S/C14H19NO2/c1-3-11(2)15-9-13(15)14(16)17-10-12-7-5-4-6-8-12/h4-8,11,13H,3,9-10H2,1-2H3. The molecule has 3 nitrogen and oxygen atoms in total. The fraction of sp³-hybridized carbons (Fsp3) is 0.500. The molecule has 92 valence electrons. The highest BCUT2D eigenvalue weighted by molar-refractivity contribution is 5.79. The second kappa shape index (κ2) is 5.32. The summed E-state index contributed by atoms with van der Waals surface area (Å²) in [5.41, 5.74) is 1.04. The normalized spacial score (nSPS) is 24.1. The number of hydrogen-bond acceptors (Lipinski definition) is 3. The van der Waals surface area contributed by atoms with Crippen LogP contribution in [0, 0.1) is 0 Å². The highest BCUT2D eigenvalue weighted by atomic mass is 16.5. The third kappa shape index (κ3) is 3.07. The minimum atomic E-state index is -0.0887. The van der Waals surface area contributed by atoms with Crippen LogP contribution in [0.15, 0.2) is 30.3 Å². The van der Waals surface area contributed by atoms with Gasteiger partial charge in [0.05, 0.1) is 0 Å². The lowest BCUT2D eigenvalue weighted by atomic mass is 10.2. The summed E-state index contributed by atoms with van der Waals surface area (Å²) in [4.78, 5) is 13.9. The van der Waals surface area contributed by atoms with Crippen LogP contribution in [0.2, 0.25) is 0 Å². The Morgan fingerprint density at radius 2 is 2.18 bits per heavy atom. The average Bonchev–Trinajstić information content (AvgIpc) is 3.16. The van der Waals surface area contributed by atoms with Crippen LogP contribution < -0.4 is 0 Å². The average molecular weight is 233 g/mol. The number of benzene rings is 1. The molecule has 3 unspecified atom stereocenters. The predicted octanol–water partition coefficient (Wildman–Crippen LogP) is 2.21. The van der Waals surface area contributed by atoms with E-state index in [1.807, 2.05) is 30.3 Å². The van der Waals surface area contributed by atoms with Crippen LogP contribution in [0.25, 0.3) is 0 Å². The molecule has 1 fully saturated rings. The predicted molar refractivity (Wildman–Crippen MR) is 66.5 cm³/mol. The molecule has 17 heavy (non-hydrogen) atoms. The highest BCUT2D eigenvalue weighted by Crippen LogP contribution is 2.24. The Labute approximate surface area is 102 Å². The molecule has 1 aromatic rings. The molecule has 0 aromatic heterocycles. The van der Waals surface area contributed by atoms with E-state index >= 15 is 0 Å². The number of ether oxygens (including phenoxy) is 1. The minimum Gasteiger partial charge on any atom is -0.460 e. The zero-order chi connectivity index (χ0) is 12.3. The Morgan fingerprint density at radius 3 is 2.82 bits per heavy atom. The Hall–Kier alpha value is -1.35. The maximum atomic E-state index is 11.7. The van der Waals surface area contributed by atoms with Gasteiger partial charge in [-0.25, -0.2) is 0 Å². The molecule has 0 amide bonds. The van der Waals surface area contributed by atoms with Crippen LogP contribution >= 0.6 is 0 Å². The Morgan fingerprint density at radius 1 is 1.47 bits per heavy atom. The fourth-order valence-electron chi connectivity index (χ4n) is 1.91. The molecular formula is C14H19NO2. The van der Waals surface area contributed by atoms with Gasteiger partial charge in [0.25, 0.3) is 0 Å². The Balaban J connectivity index is 1.76. The van der Waals surface area contributed by atoms with E-state index in [1.165, 1.54) is 0 Å². The summed E-state index contributed by atoms with van der Waals surface area (Å²) in [5.74, 6) is -0.0887. The topological polar surface area (TPSA) is 29.3 Å². The molecule has 1 aliphatic rings. The first-order chi connectivity index (χ1) is 8.22. The van der Waals surface area contributed by atoms with Gasteiger partial charge < -0.3 is 4.74 Å². The van der Waals surface area contributed by atoms with Gasteiger partial charge >= 0.3 is 5.97 Å². The SMILES string of the molecule is CCC(C)N1CC1C(=O)OCc1ccccc1. The third-order valence-electron chi connectivity index (χ3n) is 3.30. The van der Waals surface area contributed by atoms with Crippen LogP contribution in [-0.4, -0.2) is 29.5 Å². The van der Waals surface area contributed by atoms with Gasteiger partial charge in [0, 0.05) is 12.6 Å². The van der Waals surface area contributed by atoms with Crippen molar-refractivity contribution in [2.75, 3.05) is 6.54 Å². The number of rotatable bonds is 5. The van der Waals surface area contributed by atoms with Gasteiger partial charge in [0.2, 0.25) is 0 Å². The first kappa shape index (κ1) is 12.1. The van der Waals surface area contributed by atoms with Gasteiger partial charge in [-0.15, -0.1) is 0 Å². The molecule has 0 radical (unpaired) electrons. The van der Waals surface area contributed by atoms with Crippen LogP contribution in [0.5, 0.6) is 0 Å². The zero-order valence-corrected chi connectivity index (χ0v) is 10.4. The van der Waals surface area contributed by atoms with E-state index in [1.54, 1.807) is 0 Å². The number of carbonyl (C=O) groups is 1. The van der Waals surface area contributed by atoms with E-state index < -0.39 is 0 Å². The van der Waals surface area contributed by atoms with E-state index in [0.717, 1.165) is 18.5 Å². The Bertz CT molecular complexity index is 377. The molecule has 0 saturated carbocycles. The quantitative estimate of drug-likeness (QED) is 0.577. The van der Waals surface area contributed by atoms with Gasteiger partial charge in [-0.05, 0) is 18.9 Å². The summed E-state index contributed by atoms with van der Waals surface area (Å²) in [6.45, 7) is 5.51. The zero-order valence-electron chi connectivity index (χ0n) is 10.4. The van der Waals surface area contributed by atoms with E-state index in [2.05, 4.69) is 18.7 Å². The molecule has 0 spiro atoms. The molecular weight excluding hydrogens is 214 g/mol. The molecule has 1 heterocycles. The van der Waals surface area contributed by atoms with Crippen molar-refractivity contribution in [1.82, 2.24) is 4.90 Å². The fourth-order valence-corrected chi connectivity index (χ4v) is 1.91. The molecule has 3 heteroatoms. The van der Waals surface area contributed by atoms with Crippen molar-refractivity contribution in [3.8, 4) is 0 Å². The molecule has 1 aromatic carbocycles. The van der Waals surface area contributed by atoms with Crippen molar-refractivity contribution >= 4 is 5.97 Å². The number of hydrogen-bond donors (Lipinski definition) is 0. The number of nitrogens with zero attached hydrogens (tertiary/aromatic N) is 1. The molecule has 0 aliphatic carbocycles. The van der Waals surface area contributed by atoms with Gasteiger partial charge in [0.15, 0.2) is 0 Å². The minimum absolute atomic E-state index is 0.00587. The molecule has 2 rings (SSSR count). The lowest BCUT2D eigenvalue weighted by Crippen LogP contribution is -2.21. The van der Waals surface area contributed by atoms with Crippen LogP contribution in [0.3, 0.4) is 0 Å². The molecule has 0 bridgehead atoms. The van der Waals surface area contributed by atoms with Crippen molar-refractivity contribution in [3.05, 3.63) is 35.9 Å². The highest BCUT2D eigenvalue weighted by Gasteiger charge is 2.43. The maximum Gasteiger partial charge on any atom is 0.325 e. The van der Waals surface area contributed by atoms with Crippen molar-refractivity contribution < 1.29 is 9.53 Å². The number of esters is 1. The summed E-state index contributed by atoms with van der Waals surface area (Å²) < 4.78 is 5.30. The first-order valence-electron chi connectivity index (χ1n) is 6.18. The summed E-state index contributed by atoms with van der Waals surface area (Å²) in [7, 11) is 0. The van der Waals surface area contributed by atoms with E-state index in [4.69, 9.17) is 4.74 Å². The van der Waals surface area contributed by atoms with Crippen LogP contribution in [0.4, 0.5) is 0 Å². The molecule has 3 atom stereocenters. The largest absolute Gasteiger partial charge is 0.460 e. The van der Waals surface area contributed by atoms with Crippen molar-refractivity contribution in [2.45, 2.75) is 39.0 Å². The molecule has 1 aliphatic heterocycles. The van der Waals surface area contributed by atoms with Gasteiger partial charge in [0.1, 0.15) is 12.6 Å². The van der Waals surface area contributed by atoms with Gasteiger partial charge in [-0.3, -0.25) is 9.69 Å². The lowest BCUT2D eigenvalue weighted by Gasteiger charge is -2.10. The maximum absolute atomic E-state index is 11.7. The summed E-state index contributed by atoms with van der Waals surface area (Å²) >= 11 is 0. The molecule has 1 saturated heterocycles. The number of carbonyl (C=O) groups excluding carboxylic acids is 1. The van der Waals surface area contributed by atoms with E-state index in [0.29, 0.717) is 12.6 Å². The van der Waals surface area contributed by atoms with Crippen molar-refractivity contribution in [1.29, 1.82) is 0 Å². The van der Waals surface area contributed by atoms with Gasteiger partial charge in [-0.1, -0.05) is 37.3 Å². The lowest BCUT2D eigenvalue weighted by molar-refractivity contribution is -0.145. The smallest absolute Gasteiger partial charge is 0.325 e. The van der Waals surface area contributed by atoms with E-state index in [9.17, 15) is 4.79 Å². The van der Waals surface area contributed by atoms with Crippen LogP contribution in [-0.2, 0) is 16.1 Å². The Kier molecular flexibility index (Phi) is 3.79.